The van der Waals surface area contributed by atoms with Crippen LogP contribution in [0.2, 0.25) is 5.02 Å². The third kappa shape index (κ3) is 1.97. The summed E-state index contributed by atoms with van der Waals surface area (Å²) < 4.78 is 5.04. The topological polar surface area (TPSA) is 49.7 Å². The molecule has 2 N–H and O–H groups in total. The second kappa shape index (κ2) is 3.82. The molecule has 4 heteroatoms. The number of aromatic hydroxyl groups is 1. The van der Waals surface area contributed by atoms with Gasteiger partial charge < -0.3 is 14.9 Å². The molecule has 0 amide bonds. The molecule has 88 valence electrons. The highest BCUT2D eigenvalue weighted by molar-refractivity contribution is 6.33. The average molecular weight is 243 g/mol. The van der Waals surface area contributed by atoms with E-state index < -0.39 is 5.60 Å². The van der Waals surface area contributed by atoms with Crippen LogP contribution in [-0.2, 0) is 6.42 Å². The molecule has 0 radical (unpaired) electrons. The minimum absolute atomic E-state index is 0.0385. The number of phenols is 1. The molecule has 1 fully saturated rings. The van der Waals surface area contributed by atoms with Crippen LogP contribution in [0.25, 0.3) is 0 Å². The van der Waals surface area contributed by atoms with E-state index in [0.29, 0.717) is 11.4 Å². The van der Waals surface area contributed by atoms with Crippen molar-refractivity contribution in [1.82, 2.24) is 0 Å². The molecule has 1 aromatic rings. The molecule has 0 aliphatic heterocycles. The summed E-state index contributed by atoms with van der Waals surface area (Å²) in [7, 11) is 1.46. The number of ether oxygens (including phenoxy) is 1. The standard InChI is InChI=1S/C12H15ClO3/c1-7-5-9(14)11(16-2)10(13)8(7)6-12(15)3-4-12/h5,14-15H,3-4,6H2,1-2H3. The largest absolute Gasteiger partial charge is 0.504 e. The van der Waals surface area contributed by atoms with E-state index in [0.717, 1.165) is 24.0 Å². The maximum Gasteiger partial charge on any atom is 0.179 e. The Bertz CT molecular complexity index is 425. The molecule has 1 saturated carbocycles. The summed E-state index contributed by atoms with van der Waals surface area (Å²) in [4.78, 5) is 0. The molecule has 16 heavy (non-hydrogen) atoms. The molecule has 0 atom stereocenters. The summed E-state index contributed by atoms with van der Waals surface area (Å²) in [5.74, 6) is 0.322. The van der Waals surface area contributed by atoms with Gasteiger partial charge in [-0.3, -0.25) is 0 Å². The third-order valence-electron chi connectivity index (χ3n) is 3.06. The van der Waals surface area contributed by atoms with Crippen molar-refractivity contribution in [2.75, 3.05) is 7.11 Å². The summed E-state index contributed by atoms with van der Waals surface area (Å²) >= 11 is 6.16. The Labute approximate surface area is 99.6 Å². The highest BCUT2D eigenvalue weighted by Crippen LogP contribution is 2.44. The average Bonchev–Trinajstić information content (AvgIpc) is 2.92. The second-order valence-corrected chi connectivity index (χ2v) is 4.82. The molecule has 0 spiro atoms. The SMILES string of the molecule is COc1c(O)cc(C)c(CC2(O)CC2)c1Cl. The van der Waals surface area contributed by atoms with Crippen LogP contribution in [0.1, 0.15) is 24.0 Å². The van der Waals surface area contributed by atoms with Crippen molar-refractivity contribution >= 4 is 11.6 Å². The van der Waals surface area contributed by atoms with Gasteiger partial charge >= 0.3 is 0 Å². The molecule has 0 saturated heterocycles. The van der Waals surface area contributed by atoms with Crippen LogP contribution in [0.5, 0.6) is 11.5 Å². The Morgan fingerprint density at radius 2 is 2.12 bits per heavy atom. The Kier molecular flexibility index (Phi) is 2.76. The molecule has 1 aliphatic carbocycles. The van der Waals surface area contributed by atoms with E-state index in [9.17, 15) is 10.2 Å². The predicted octanol–water partition coefficient (Wildman–Crippen LogP) is 2.43. The molecular formula is C12H15ClO3. The van der Waals surface area contributed by atoms with Gasteiger partial charge in [0.25, 0.3) is 0 Å². The lowest BCUT2D eigenvalue weighted by Crippen LogP contribution is -2.12. The van der Waals surface area contributed by atoms with Gasteiger partial charge in [0, 0.05) is 6.42 Å². The fourth-order valence-corrected chi connectivity index (χ4v) is 2.23. The van der Waals surface area contributed by atoms with Crippen molar-refractivity contribution in [3.63, 3.8) is 0 Å². The zero-order valence-corrected chi connectivity index (χ0v) is 10.1. The van der Waals surface area contributed by atoms with Gasteiger partial charge in [0.2, 0.25) is 0 Å². The minimum Gasteiger partial charge on any atom is -0.504 e. The van der Waals surface area contributed by atoms with Crippen molar-refractivity contribution in [3.05, 3.63) is 22.2 Å². The third-order valence-corrected chi connectivity index (χ3v) is 3.46. The molecule has 2 rings (SSSR count). The summed E-state index contributed by atoms with van der Waals surface area (Å²) in [6, 6.07) is 1.62. The van der Waals surface area contributed by atoms with E-state index in [4.69, 9.17) is 16.3 Å². The van der Waals surface area contributed by atoms with E-state index in [1.807, 2.05) is 6.92 Å². The number of benzene rings is 1. The first-order chi connectivity index (χ1) is 7.47. The maximum atomic E-state index is 9.90. The Hall–Kier alpha value is -0.930. The Morgan fingerprint density at radius 1 is 1.50 bits per heavy atom. The monoisotopic (exact) mass is 242 g/mol. The number of halogens is 1. The normalized spacial score (nSPS) is 17.2. The van der Waals surface area contributed by atoms with E-state index in [2.05, 4.69) is 0 Å². The van der Waals surface area contributed by atoms with Gasteiger partial charge in [0.1, 0.15) is 0 Å². The molecule has 0 heterocycles. The molecule has 1 aliphatic rings. The minimum atomic E-state index is -0.601. The molecule has 3 nitrogen and oxygen atoms in total. The quantitative estimate of drug-likeness (QED) is 0.856. The lowest BCUT2D eigenvalue weighted by atomic mass is 10.0. The van der Waals surface area contributed by atoms with Crippen molar-refractivity contribution in [3.8, 4) is 11.5 Å². The maximum absolute atomic E-state index is 9.90. The lowest BCUT2D eigenvalue weighted by molar-refractivity contribution is 0.150. The first-order valence-electron chi connectivity index (χ1n) is 5.24. The summed E-state index contributed by atoms with van der Waals surface area (Å²) in [6.45, 7) is 1.87. The van der Waals surface area contributed by atoms with Crippen molar-refractivity contribution in [2.45, 2.75) is 31.8 Å². The van der Waals surface area contributed by atoms with Crippen LogP contribution in [0.15, 0.2) is 6.07 Å². The summed E-state index contributed by atoms with van der Waals surface area (Å²) in [5.41, 5.74) is 1.14. The van der Waals surface area contributed by atoms with Gasteiger partial charge in [-0.05, 0) is 37.0 Å². The van der Waals surface area contributed by atoms with E-state index in [-0.39, 0.29) is 11.5 Å². The van der Waals surface area contributed by atoms with Crippen molar-refractivity contribution in [2.24, 2.45) is 0 Å². The van der Waals surface area contributed by atoms with E-state index in [1.54, 1.807) is 6.07 Å². The molecule has 1 aromatic carbocycles. The van der Waals surface area contributed by atoms with Gasteiger partial charge in [0.15, 0.2) is 11.5 Å². The fraction of sp³-hybridized carbons (Fsp3) is 0.500. The number of rotatable bonds is 3. The first kappa shape index (κ1) is 11.6. The van der Waals surface area contributed by atoms with Gasteiger partial charge in [-0.2, -0.15) is 0 Å². The predicted molar refractivity (Wildman–Crippen MR) is 62.3 cm³/mol. The zero-order valence-electron chi connectivity index (χ0n) is 9.38. The van der Waals surface area contributed by atoms with Gasteiger partial charge in [0.05, 0.1) is 17.7 Å². The van der Waals surface area contributed by atoms with Gasteiger partial charge in [-0.1, -0.05) is 11.6 Å². The van der Waals surface area contributed by atoms with E-state index >= 15 is 0 Å². The highest BCUT2D eigenvalue weighted by Gasteiger charge is 2.41. The number of hydrogen-bond donors (Lipinski definition) is 2. The van der Waals surface area contributed by atoms with Crippen LogP contribution in [0.4, 0.5) is 0 Å². The molecule has 0 unspecified atom stereocenters. The van der Waals surface area contributed by atoms with Gasteiger partial charge in [-0.25, -0.2) is 0 Å². The van der Waals surface area contributed by atoms with Crippen LogP contribution in [0.3, 0.4) is 0 Å². The number of phenolic OH excluding ortho intramolecular Hbond substituents is 1. The van der Waals surface area contributed by atoms with Gasteiger partial charge in [-0.15, -0.1) is 0 Å². The lowest BCUT2D eigenvalue weighted by Gasteiger charge is -2.16. The number of aryl methyl sites for hydroxylation is 1. The van der Waals surface area contributed by atoms with Crippen LogP contribution in [0, 0.1) is 6.92 Å². The molecule has 0 bridgehead atoms. The van der Waals surface area contributed by atoms with Crippen LogP contribution >= 0.6 is 11.6 Å². The van der Waals surface area contributed by atoms with Crippen LogP contribution < -0.4 is 4.74 Å². The summed E-state index contributed by atoms with van der Waals surface area (Å²) in [5, 5.41) is 19.9. The smallest absolute Gasteiger partial charge is 0.179 e. The van der Waals surface area contributed by atoms with E-state index in [1.165, 1.54) is 7.11 Å². The van der Waals surface area contributed by atoms with Crippen LogP contribution in [-0.4, -0.2) is 22.9 Å². The number of hydrogen-bond acceptors (Lipinski definition) is 3. The summed E-state index contributed by atoms with van der Waals surface area (Å²) in [6.07, 6.45) is 2.15. The van der Waals surface area contributed by atoms with Crippen molar-refractivity contribution < 1.29 is 14.9 Å². The second-order valence-electron chi connectivity index (χ2n) is 4.44. The molecule has 0 aromatic heterocycles. The Morgan fingerprint density at radius 3 is 2.62 bits per heavy atom. The highest BCUT2D eigenvalue weighted by atomic mass is 35.5. The molecular weight excluding hydrogens is 228 g/mol. The number of methoxy groups -OCH3 is 1. The number of aliphatic hydroxyl groups is 1. The first-order valence-corrected chi connectivity index (χ1v) is 5.62. The zero-order chi connectivity index (χ0) is 11.9. The van der Waals surface area contributed by atoms with Crippen molar-refractivity contribution in [1.29, 1.82) is 0 Å². The fourth-order valence-electron chi connectivity index (χ4n) is 1.84. The Balaban J connectivity index is 2.43.